The van der Waals surface area contributed by atoms with Gasteiger partial charge in [-0.05, 0) is 19.8 Å². The molecule has 2 heteroatoms. The third-order valence-electron chi connectivity index (χ3n) is 1.67. The number of rotatable bonds is 5. The molecule has 10 heavy (non-hydrogen) atoms. The first-order chi connectivity index (χ1) is 4.74. The normalized spacial score (nSPS) is 10.4. The summed E-state index contributed by atoms with van der Waals surface area (Å²) in [5.41, 5.74) is 4.14. The zero-order valence-electron chi connectivity index (χ0n) is 7.01. The van der Waals surface area contributed by atoms with Crippen molar-refractivity contribution in [2.45, 2.75) is 6.92 Å². The summed E-state index contributed by atoms with van der Waals surface area (Å²) < 4.78 is 0. The lowest BCUT2D eigenvalue weighted by Crippen LogP contribution is -2.29. The van der Waals surface area contributed by atoms with Crippen molar-refractivity contribution in [2.24, 2.45) is 0 Å². The first kappa shape index (κ1) is 9.66. The van der Waals surface area contributed by atoms with E-state index in [0.717, 1.165) is 6.54 Å². The Morgan fingerprint density at radius 3 is 2.20 bits per heavy atom. The first-order valence-electron chi connectivity index (χ1n) is 3.68. The van der Waals surface area contributed by atoms with Crippen LogP contribution in [-0.2, 0) is 0 Å². The van der Waals surface area contributed by atoms with Crippen LogP contribution in [0.15, 0.2) is 24.6 Å². The molecule has 58 valence electrons. The Labute approximate surface area is 65.7 Å². The lowest BCUT2D eigenvalue weighted by molar-refractivity contribution is 0.409. The van der Waals surface area contributed by atoms with Gasteiger partial charge in [0.05, 0.1) is 8.80 Å². The van der Waals surface area contributed by atoms with Crippen LogP contribution in [0.3, 0.4) is 0 Å². The highest BCUT2D eigenvalue weighted by Crippen LogP contribution is 1.89. The zero-order valence-corrected chi connectivity index (χ0v) is 8.16. The van der Waals surface area contributed by atoms with E-state index in [4.69, 9.17) is 0 Å². The molecule has 0 aliphatic rings. The van der Waals surface area contributed by atoms with Gasteiger partial charge in [0.25, 0.3) is 0 Å². The Bertz CT molecular complexity index is 104. The van der Waals surface area contributed by atoms with Gasteiger partial charge in [-0.3, -0.25) is 0 Å². The maximum atomic E-state index is 3.78. The minimum atomic E-state index is -0.814. The summed E-state index contributed by atoms with van der Waals surface area (Å²) >= 11 is 0. The fourth-order valence-corrected chi connectivity index (χ4v) is 2.20. The summed E-state index contributed by atoms with van der Waals surface area (Å²) in [6.07, 6.45) is 1.17. The van der Waals surface area contributed by atoms with Gasteiger partial charge in [0, 0.05) is 0 Å². The molecule has 0 saturated carbocycles. The summed E-state index contributed by atoms with van der Waals surface area (Å²) in [5.74, 6) is 0. The molecular weight excluding hydrogens is 138 g/mol. The summed E-state index contributed by atoms with van der Waals surface area (Å²) in [6.45, 7) is 10.8. The standard InChI is InChI=1S/C8H17NSi/c1-5-9(4)8-10(6-2)7-3/h6-7,10H,2-3,5,8H2,1,4H3. The zero-order chi connectivity index (χ0) is 7.98. The first-order valence-corrected chi connectivity index (χ1v) is 5.83. The fourth-order valence-electron chi connectivity index (χ4n) is 0.734. The van der Waals surface area contributed by atoms with Crippen molar-refractivity contribution in [3.63, 3.8) is 0 Å². The Balaban J connectivity index is 3.61. The third kappa shape index (κ3) is 3.64. The van der Waals surface area contributed by atoms with Crippen molar-refractivity contribution in [3.05, 3.63) is 24.6 Å². The molecule has 0 heterocycles. The molecule has 0 bridgehead atoms. The van der Waals surface area contributed by atoms with Gasteiger partial charge in [-0.15, -0.1) is 13.2 Å². The molecule has 0 saturated heterocycles. The molecule has 0 spiro atoms. The molecule has 0 aromatic rings. The van der Waals surface area contributed by atoms with Crippen LogP contribution in [0.5, 0.6) is 0 Å². The Kier molecular flexibility index (Phi) is 5.26. The van der Waals surface area contributed by atoms with Gasteiger partial charge in [0.2, 0.25) is 0 Å². The van der Waals surface area contributed by atoms with E-state index in [0.29, 0.717) is 0 Å². The average Bonchev–Trinajstić information content (AvgIpc) is 1.99. The maximum Gasteiger partial charge on any atom is 0.0982 e. The third-order valence-corrected chi connectivity index (χ3v) is 3.92. The molecule has 0 amide bonds. The quantitative estimate of drug-likeness (QED) is 0.538. The second kappa shape index (κ2) is 5.44. The predicted molar refractivity (Wildman–Crippen MR) is 50.7 cm³/mol. The lowest BCUT2D eigenvalue weighted by atomic mass is 10.7. The summed E-state index contributed by atoms with van der Waals surface area (Å²) in [4.78, 5) is 2.31. The monoisotopic (exact) mass is 155 g/mol. The van der Waals surface area contributed by atoms with Crippen molar-refractivity contribution in [2.75, 3.05) is 19.8 Å². The molecular formula is C8H17NSi. The molecule has 0 fully saturated rings. The molecule has 0 rings (SSSR count). The van der Waals surface area contributed by atoms with Crippen LogP contribution in [0, 0.1) is 0 Å². The molecule has 0 aromatic carbocycles. The van der Waals surface area contributed by atoms with E-state index in [9.17, 15) is 0 Å². The van der Waals surface area contributed by atoms with Gasteiger partial charge in [-0.2, -0.15) is 0 Å². The van der Waals surface area contributed by atoms with Gasteiger partial charge < -0.3 is 4.90 Å². The van der Waals surface area contributed by atoms with Crippen LogP contribution in [-0.4, -0.2) is 33.5 Å². The van der Waals surface area contributed by atoms with Crippen molar-refractivity contribution < 1.29 is 0 Å². The highest BCUT2D eigenvalue weighted by atomic mass is 28.3. The highest BCUT2D eigenvalue weighted by molar-refractivity contribution is 6.69. The van der Waals surface area contributed by atoms with E-state index in [2.05, 4.69) is 43.4 Å². The largest absolute Gasteiger partial charge is 0.309 e. The maximum absolute atomic E-state index is 3.78. The fraction of sp³-hybridized carbons (Fsp3) is 0.500. The lowest BCUT2D eigenvalue weighted by Gasteiger charge is -2.15. The van der Waals surface area contributed by atoms with Gasteiger partial charge >= 0.3 is 0 Å². The second-order valence-electron chi connectivity index (χ2n) is 2.49. The van der Waals surface area contributed by atoms with Crippen LogP contribution in [0.25, 0.3) is 0 Å². The molecule has 0 aliphatic heterocycles. The molecule has 1 nitrogen and oxygen atoms in total. The van der Waals surface area contributed by atoms with Crippen molar-refractivity contribution in [1.82, 2.24) is 4.90 Å². The van der Waals surface area contributed by atoms with Gasteiger partial charge in [-0.25, -0.2) is 0 Å². The Morgan fingerprint density at radius 1 is 1.40 bits per heavy atom. The SMILES string of the molecule is C=C[SiH](C=C)CN(C)CC. The van der Waals surface area contributed by atoms with E-state index in [1.165, 1.54) is 6.17 Å². The molecule has 0 unspecified atom stereocenters. The van der Waals surface area contributed by atoms with E-state index in [1.54, 1.807) is 0 Å². The molecule has 0 aliphatic carbocycles. The van der Waals surface area contributed by atoms with Gasteiger partial charge in [0.1, 0.15) is 0 Å². The van der Waals surface area contributed by atoms with Crippen LogP contribution in [0.1, 0.15) is 6.92 Å². The Morgan fingerprint density at radius 2 is 1.90 bits per heavy atom. The van der Waals surface area contributed by atoms with Crippen molar-refractivity contribution >= 4 is 8.80 Å². The smallest absolute Gasteiger partial charge is 0.0982 e. The predicted octanol–water partition coefficient (Wildman–Crippen LogP) is 1.15. The van der Waals surface area contributed by atoms with Crippen molar-refractivity contribution in [3.8, 4) is 0 Å². The number of hydrogen-bond donors (Lipinski definition) is 0. The van der Waals surface area contributed by atoms with E-state index in [1.807, 2.05) is 0 Å². The number of nitrogens with zero attached hydrogens (tertiary/aromatic N) is 1. The van der Waals surface area contributed by atoms with Crippen LogP contribution < -0.4 is 0 Å². The minimum Gasteiger partial charge on any atom is -0.309 e. The summed E-state index contributed by atoms with van der Waals surface area (Å²) in [6, 6.07) is 0. The van der Waals surface area contributed by atoms with Crippen LogP contribution in [0.4, 0.5) is 0 Å². The van der Waals surface area contributed by atoms with Crippen LogP contribution >= 0.6 is 0 Å². The molecule has 0 aromatic heterocycles. The average molecular weight is 155 g/mol. The number of hydrogen-bond acceptors (Lipinski definition) is 1. The van der Waals surface area contributed by atoms with Crippen LogP contribution in [0.2, 0.25) is 0 Å². The van der Waals surface area contributed by atoms with Crippen molar-refractivity contribution in [1.29, 1.82) is 0 Å². The minimum absolute atomic E-state index is 0.814. The summed E-state index contributed by atoms with van der Waals surface area (Å²) in [7, 11) is 1.32. The van der Waals surface area contributed by atoms with E-state index in [-0.39, 0.29) is 0 Å². The Hall–Kier alpha value is -0.343. The van der Waals surface area contributed by atoms with Gasteiger partial charge in [-0.1, -0.05) is 18.3 Å². The second-order valence-corrected chi connectivity index (χ2v) is 5.13. The van der Waals surface area contributed by atoms with E-state index < -0.39 is 8.80 Å². The summed E-state index contributed by atoms with van der Waals surface area (Å²) in [5, 5.41) is 0. The molecule has 0 radical (unpaired) electrons. The molecule has 0 atom stereocenters. The highest BCUT2D eigenvalue weighted by Gasteiger charge is 2.02. The topological polar surface area (TPSA) is 3.24 Å². The van der Waals surface area contributed by atoms with E-state index >= 15 is 0 Å². The molecule has 0 N–H and O–H groups in total. The van der Waals surface area contributed by atoms with Gasteiger partial charge in [0.15, 0.2) is 0 Å².